The molecule has 1 fully saturated rings. The number of hydrogen-bond acceptors (Lipinski definition) is 2. The highest BCUT2D eigenvalue weighted by atomic mass is 35.5. The van der Waals surface area contributed by atoms with Crippen molar-refractivity contribution in [3.8, 4) is 0 Å². The maximum Gasteiger partial charge on any atom is 0.0818 e. The third kappa shape index (κ3) is 2.97. The second-order valence-corrected chi connectivity index (χ2v) is 4.87. The standard InChI is InChI=1S/C13H18ClNO/c14-12-5-3-11(4-6-12)13(16)10-2-1-8-15-9-7-10/h3-6,10,13,15-16H,1-2,7-9H2. The van der Waals surface area contributed by atoms with E-state index in [0.717, 1.165) is 42.9 Å². The predicted octanol–water partition coefficient (Wildman–Crippen LogP) is 2.76. The summed E-state index contributed by atoms with van der Waals surface area (Å²) in [5, 5.41) is 14.4. The van der Waals surface area contributed by atoms with Crippen molar-refractivity contribution in [1.29, 1.82) is 0 Å². The van der Waals surface area contributed by atoms with Gasteiger partial charge in [-0.1, -0.05) is 23.7 Å². The van der Waals surface area contributed by atoms with E-state index < -0.39 is 0 Å². The molecule has 1 aromatic carbocycles. The zero-order valence-electron chi connectivity index (χ0n) is 9.32. The molecule has 0 saturated carbocycles. The highest BCUT2D eigenvalue weighted by Gasteiger charge is 2.21. The third-order valence-corrected chi connectivity index (χ3v) is 3.53. The Hall–Kier alpha value is -0.570. The number of hydrogen-bond donors (Lipinski definition) is 2. The summed E-state index contributed by atoms with van der Waals surface area (Å²) in [5.74, 6) is 0.371. The molecule has 2 rings (SSSR count). The van der Waals surface area contributed by atoms with Crippen molar-refractivity contribution in [3.63, 3.8) is 0 Å². The van der Waals surface area contributed by atoms with Crippen molar-refractivity contribution in [3.05, 3.63) is 34.9 Å². The lowest BCUT2D eigenvalue weighted by molar-refractivity contribution is 0.101. The van der Waals surface area contributed by atoms with Crippen LogP contribution in [-0.4, -0.2) is 18.2 Å². The van der Waals surface area contributed by atoms with Crippen molar-refractivity contribution >= 4 is 11.6 Å². The van der Waals surface area contributed by atoms with Crippen LogP contribution >= 0.6 is 11.6 Å². The first-order valence-corrected chi connectivity index (χ1v) is 6.29. The molecule has 0 aromatic heterocycles. The van der Waals surface area contributed by atoms with E-state index in [9.17, 15) is 5.11 Å². The highest BCUT2D eigenvalue weighted by Crippen LogP contribution is 2.29. The van der Waals surface area contributed by atoms with Crippen LogP contribution in [0.2, 0.25) is 5.02 Å². The molecule has 1 heterocycles. The first kappa shape index (κ1) is 11.9. The van der Waals surface area contributed by atoms with Crippen LogP contribution in [0.25, 0.3) is 0 Å². The molecule has 1 saturated heterocycles. The summed E-state index contributed by atoms with van der Waals surface area (Å²) in [4.78, 5) is 0. The van der Waals surface area contributed by atoms with E-state index in [-0.39, 0.29) is 6.10 Å². The van der Waals surface area contributed by atoms with Crippen molar-refractivity contribution in [2.24, 2.45) is 5.92 Å². The minimum Gasteiger partial charge on any atom is -0.388 e. The number of aliphatic hydroxyl groups is 1. The minimum atomic E-state index is -0.350. The topological polar surface area (TPSA) is 32.3 Å². The molecule has 16 heavy (non-hydrogen) atoms. The van der Waals surface area contributed by atoms with E-state index in [4.69, 9.17) is 11.6 Å². The molecular weight excluding hydrogens is 222 g/mol. The summed E-state index contributed by atoms with van der Waals surface area (Å²) in [6, 6.07) is 7.53. The van der Waals surface area contributed by atoms with Gasteiger partial charge in [0, 0.05) is 5.02 Å². The van der Waals surface area contributed by atoms with E-state index >= 15 is 0 Å². The zero-order valence-corrected chi connectivity index (χ0v) is 10.1. The Morgan fingerprint density at radius 2 is 1.94 bits per heavy atom. The molecule has 1 aliphatic heterocycles. The first-order valence-electron chi connectivity index (χ1n) is 5.91. The molecule has 0 radical (unpaired) electrons. The Morgan fingerprint density at radius 3 is 2.69 bits per heavy atom. The quantitative estimate of drug-likeness (QED) is 0.832. The molecule has 0 bridgehead atoms. The van der Waals surface area contributed by atoms with Gasteiger partial charge in [0.05, 0.1) is 6.10 Å². The number of aliphatic hydroxyl groups excluding tert-OH is 1. The van der Waals surface area contributed by atoms with Gasteiger partial charge in [0.1, 0.15) is 0 Å². The molecule has 1 aromatic rings. The van der Waals surface area contributed by atoms with Gasteiger partial charge < -0.3 is 10.4 Å². The average Bonchev–Trinajstić information content (AvgIpc) is 2.57. The first-order chi connectivity index (χ1) is 7.77. The van der Waals surface area contributed by atoms with Crippen LogP contribution in [-0.2, 0) is 0 Å². The second-order valence-electron chi connectivity index (χ2n) is 4.44. The monoisotopic (exact) mass is 239 g/mol. The van der Waals surface area contributed by atoms with Crippen LogP contribution in [0.5, 0.6) is 0 Å². The average molecular weight is 240 g/mol. The molecule has 88 valence electrons. The molecular formula is C13H18ClNO. The summed E-state index contributed by atoms with van der Waals surface area (Å²) in [6.45, 7) is 2.08. The van der Waals surface area contributed by atoms with E-state index in [2.05, 4.69) is 5.32 Å². The predicted molar refractivity (Wildman–Crippen MR) is 66.6 cm³/mol. The van der Waals surface area contributed by atoms with Gasteiger partial charge in [-0.15, -0.1) is 0 Å². The Balaban J connectivity index is 2.04. The molecule has 2 atom stereocenters. The number of nitrogens with one attached hydrogen (secondary N) is 1. The second kappa shape index (κ2) is 5.67. The smallest absolute Gasteiger partial charge is 0.0818 e. The molecule has 0 amide bonds. The minimum absolute atomic E-state index is 0.350. The van der Waals surface area contributed by atoms with Gasteiger partial charge in [-0.05, 0) is 56.0 Å². The van der Waals surface area contributed by atoms with Crippen molar-refractivity contribution in [2.75, 3.05) is 13.1 Å². The number of rotatable bonds is 2. The van der Waals surface area contributed by atoms with Gasteiger partial charge in [-0.2, -0.15) is 0 Å². The molecule has 1 aliphatic rings. The maximum atomic E-state index is 10.3. The van der Waals surface area contributed by atoms with Crippen LogP contribution in [0, 0.1) is 5.92 Å². The molecule has 3 heteroatoms. The lowest BCUT2D eigenvalue weighted by Crippen LogP contribution is -2.16. The van der Waals surface area contributed by atoms with Crippen LogP contribution < -0.4 is 5.32 Å². The number of benzene rings is 1. The van der Waals surface area contributed by atoms with Gasteiger partial charge >= 0.3 is 0 Å². The lowest BCUT2D eigenvalue weighted by Gasteiger charge is -2.21. The third-order valence-electron chi connectivity index (χ3n) is 3.28. The van der Waals surface area contributed by atoms with Gasteiger partial charge in [-0.3, -0.25) is 0 Å². The maximum absolute atomic E-state index is 10.3. The summed E-state index contributed by atoms with van der Waals surface area (Å²) in [6.07, 6.45) is 2.94. The van der Waals surface area contributed by atoms with Crippen LogP contribution in [0.3, 0.4) is 0 Å². The number of halogens is 1. The fourth-order valence-electron chi connectivity index (χ4n) is 2.29. The summed E-state index contributed by atoms with van der Waals surface area (Å²) in [5.41, 5.74) is 0.983. The largest absolute Gasteiger partial charge is 0.388 e. The van der Waals surface area contributed by atoms with Crippen LogP contribution in [0.15, 0.2) is 24.3 Å². The fraction of sp³-hybridized carbons (Fsp3) is 0.538. The summed E-state index contributed by atoms with van der Waals surface area (Å²) in [7, 11) is 0. The molecule has 2 N–H and O–H groups in total. The Morgan fingerprint density at radius 1 is 1.19 bits per heavy atom. The Kier molecular flexibility index (Phi) is 4.22. The summed E-state index contributed by atoms with van der Waals surface area (Å²) >= 11 is 5.84. The Bertz CT molecular complexity index is 317. The highest BCUT2D eigenvalue weighted by molar-refractivity contribution is 6.30. The van der Waals surface area contributed by atoms with Crippen molar-refractivity contribution < 1.29 is 5.11 Å². The van der Waals surface area contributed by atoms with E-state index in [0.29, 0.717) is 5.92 Å². The SMILES string of the molecule is OC(c1ccc(Cl)cc1)C1CCCNCC1. The fourth-order valence-corrected chi connectivity index (χ4v) is 2.42. The van der Waals surface area contributed by atoms with E-state index in [1.54, 1.807) is 0 Å². The molecule has 0 spiro atoms. The van der Waals surface area contributed by atoms with E-state index in [1.807, 2.05) is 24.3 Å². The van der Waals surface area contributed by atoms with Gasteiger partial charge in [0.2, 0.25) is 0 Å². The summed E-state index contributed by atoms with van der Waals surface area (Å²) < 4.78 is 0. The molecule has 2 nitrogen and oxygen atoms in total. The van der Waals surface area contributed by atoms with Crippen LogP contribution in [0.1, 0.15) is 30.9 Å². The molecule has 0 aliphatic carbocycles. The van der Waals surface area contributed by atoms with Gasteiger partial charge in [0.15, 0.2) is 0 Å². The van der Waals surface area contributed by atoms with Crippen LogP contribution in [0.4, 0.5) is 0 Å². The Labute approximate surface area is 102 Å². The van der Waals surface area contributed by atoms with Gasteiger partial charge in [0.25, 0.3) is 0 Å². The zero-order chi connectivity index (χ0) is 11.4. The van der Waals surface area contributed by atoms with Gasteiger partial charge in [-0.25, -0.2) is 0 Å². The molecule has 2 unspecified atom stereocenters. The normalized spacial score (nSPS) is 23.8. The lowest BCUT2D eigenvalue weighted by atomic mass is 9.90. The van der Waals surface area contributed by atoms with Crippen molar-refractivity contribution in [1.82, 2.24) is 5.32 Å². The van der Waals surface area contributed by atoms with E-state index in [1.165, 1.54) is 0 Å². The van der Waals surface area contributed by atoms with Crippen molar-refractivity contribution in [2.45, 2.75) is 25.4 Å².